The summed E-state index contributed by atoms with van der Waals surface area (Å²) < 4.78 is 0.703. The van der Waals surface area contributed by atoms with Crippen LogP contribution in [0.2, 0.25) is 0 Å². The van der Waals surface area contributed by atoms with Crippen molar-refractivity contribution in [2.75, 3.05) is 5.32 Å². The average molecular weight is 343 g/mol. The summed E-state index contributed by atoms with van der Waals surface area (Å²) in [4.78, 5) is 11.8. The van der Waals surface area contributed by atoms with Crippen molar-refractivity contribution in [2.45, 2.75) is 6.92 Å². The van der Waals surface area contributed by atoms with E-state index >= 15 is 0 Å². The highest BCUT2D eigenvalue weighted by atomic mass is 127. The number of hydrogen-bond acceptors (Lipinski definition) is 3. The zero-order chi connectivity index (χ0) is 12.4. The molecule has 0 radical (unpaired) electrons. The molecule has 2 aromatic rings. The van der Waals surface area contributed by atoms with E-state index < -0.39 is 0 Å². The topological polar surface area (TPSA) is 78.0 Å². The van der Waals surface area contributed by atoms with Gasteiger partial charge in [0.2, 0.25) is 0 Å². The number of carbonyl (C=O) groups is 1. The van der Waals surface area contributed by atoms with E-state index in [4.69, 9.17) is 0 Å². The summed E-state index contributed by atoms with van der Waals surface area (Å²) in [5, 5.41) is 18.8. The van der Waals surface area contributed by atoms with E-state index in [1.54, 1.807) is 18.2 Å². The van der Waals surface area contributed by atoms with Gasteiger partial charge in [0.1, 0.15) is 5.75 Å². The molecule has 1 amide bonds. The van der Waals surface area contributed by atoms with Gasteiger partial charge in [-0.2, -0.15) is 5.10 Å². The van der Waals surface area contributed by atoms with Gasteiger partial charge in [0, 0.05) is 17.3 Å². The summed E-state index contributed by atoms with van der Waals surface area (Å²) in [6, 6.07) is 6.48. The van der Waals surface area contributed by atoms with Gasteiger partial charge in [-0.15, -0.1) is 0 Å². The number of H-pyrrole nitrogens is 1. The van der Waals surface area contributed by atoms with E-state index in [2.05, 4.69) is 15.5 Å². The maximum absolute atomic E-state index is 11.8. The fourth-order valence-electron chi connectivity index (χ4n) is 1.32. The van der Waals surface area contributed by atoms with Crippen LogP contribution in [0.5, 0.6) is 5.75 Å². The summed E-state index contributed by atoms with van der Waals surface area (Å²) in [6.07, 6.45) is 0. The van der Waals surface area contributed by atoms with Crippen molar-refractivity contribution >= 4 is 34.3 Å². The van der Waals surface area contributed by atoms with Gasteiger partial charge in [-0.3, -0.25) is 9.89 Å². The van der Waals surface area contributed by atoms with Crippen molar-refractivity contribution in [3.05, 3.63) is 39.1 Å². The lowest BCUT2D eigenvalue weighted by Gasteiger charge is -2.03. The number of phenols is 1. The third kappa shape index (κ3) is 2.76. The number of benzene rings is 1. The molecule has 0 unspecified atom stereocenters. The third-order valence-corrected chi connectivity index (χ3v) is 3.07. The molecule has 5 nitrogen and oxygen atoms in total. The molecule has 1 aromatic heterocycles. The Labute approximate surface area is 111 Å². The zero-order valence-corrected chi connectivity index (χ0v) is 11.1. The number of aryl methyl sites for hydroxylation is 1. The predicted molar refractivity (Wildman–Crippen MR) is 72.1 cm³/mol. The van der Waals surface area contributed by atoms with Gasteiger partial charge in [0.05, 0.1) is 3.57 Å². The minimum absolute atomic E-state index is 0.0939. The van der Waals surface area contributed by atoms with Crippen LogP contribution in [0, 0.1) is 10.5 Å². The van der Waals surface area contributed by atoms with E-state index in [1.807, 2.05) is 29.5 Å². The number of halogens is 1. The molecule has 0 fully saturated rings. The molecule has 17 heavy (non-hydrogen) atoms. The van der Waals surface area contributed by atoms with E-state index in [1.165, 1.54) is 6.07 Å². The second kappa shape index (κ2) is 4.74. The second-order valence-corrected chi connectivity index (χ2v) is 4.72. The Hall–Kier alpha value is -1.57. The first kappa shape index (κ1) is 11.9. The molecular formula is C11H10IN3O2. The molecule has 0 spiro atoms. The number of amides is 1. The molecule has 88 valence electrons. The van der Waals surface area contributed by atoms with Crippen LogP contribution in [0.1, 0.15) is 16.1 Å². The lowest BCUT2D eigenvalue weighted by Crippen LogP contribution is -2.12. The first-order valence-corrected chi connectivity index (χ1v) is 5.96. The van der Waals surface area contributed by atoms with Crippen LogP contribution >= 0.6 is 22.6 Å². The highest BCUT2D eigenvalue weighted by Crippen LogP contribution is 2.21. The summed E-state index contributed by atoms with van der Waals surface area (Å²) in [5.41, 5.74) is 1.26. The SMILES string of the molecule is Cc1cc(NC(=O)c2ccc(I)c(O)c2)n[nH]1. The van der Waals surface area contributed by atoms with Crippen LogP contribution in [0.3, 0.4) is 0 Å². The Morgan fingerprint density at radius 3 is 2.82 bits per heavy atom. The van der Waals surface area contributed by atoms with Crippen molar-refractivity contribution in [1.82, 2.24) is 10.2 Å². The summed E-state index contributed by atoms with van der Waals surface area (Å²) in [5.74, 6) is 0.255. The maximum atomic E-state index is 11.8. The normalized spacial score (nSPS) is 10.2. The molecule has 0 bridgehead atoms. The fourth-order valence-corrected chi connectivity index (χ4v) is 1.66. The van der Waals surface area contributed by atoms with E-state index in [0.717, 1.165) is 5.69 Å². The van der Waals surface area contributed by atoms with Crippen LogP contribution in [0.25, 0.3) is 0 Å². The molecular weight excluding hydrogens is 333 g/mol. The number of phenolic OH excluding ortho intramolecular Hbond substituents is 1. The number of nitrogens with one attached hydrogen (secondary N) is 2. The Kier molecular flexibility index (Phi) is 3.32. The standard InChI is InChI=1S/C11H10IN3O2/c1-6-4-10(15-14-6)13-11(17)7-2-3-8(12)9(16)5-7/h2-5,16H,1H3,(H2,13,14,15,17). The van der Waals surface area contributed by atoms with Crippen molar-refractivity contribution in [3.8, 4) is 5.75 Å². The van der Waals surface area contributed by atoms with Gasteiger partial charge in [0.15, 0.2) is 5.82 Å². The second-order valence-electron chi connectivity index (χ2n) is 3.56. The molecule has 0 atom stereocenters. The van der Waals surface area contributed by atoms with Gasteiger partial charge in [-0.05, 0) is 47.7 Å². The fraction of sp³-hybridized carbons (Fsp3) is 0.0909. The van der Waals surface area contributed by atoms with Crippen molar-refractivity contribution in [1.29, 1.82) is 0 Å². The number of hydrogen-bond donors (Lipinski definition) is 3. The van der Waals surface area contributed by atoms with E-state index in [-0.39, 0.29) is 11.7 Å². The lowest BCUT2D eigenvalue weighted by atomic mass is 10.2. The molecule has 0 saturated carbocycles. The summed E-state index contributed by atoms with van der Waals surface area (Å²) in [6.45, 7) is 1.85. The van der Waals surface area contributed by atoms with Gasteiger partial charge >= 0.3 is 0 Å². The number of anilines is 1. The quantitative estimate of drug-likeness (QED) is 0.732. The molecule has 0 aliphatic heterocycles. The molecule has 3 N–H and O–H groups in total. The number of aromatic nitrogens is 2. The summed E-state index contributed by atoms with van der Waals surface area (Å²) in [7, 11) is 0. The Balaban J connectivity index is 2.17. The molecule has 0 aliphatic carbocycles. The van der Waals surface area contributed by atoms with Crippen molar-refractivity contribution in [3.63, 3.8) is 0 Å². The molecule has 2 rings (SSSR count). The molecule has 6 heteroatoms. The van der Waals surface area contributed by atoms with E-state index in [0.29, 0.717) is 15.0 Å². The highest BCUT2D eigenvalue weighted by Gasteiger charge is 2.09. The Morgan fingerprint density at radius 2 is 2.24 bits per heavy atom. The highest BCUT2D eigenvalue weighted by molar-refractivity contribution is 14.1. The molecule has 1 aromatic carbocycles. The summed E-state index contributed by atoms with van der Waals surface area (Å²) >= 11 is 1.99. The Bertz CT molecular complexity index is 566. The minimum atomic E-state index is -0.303. The van der Waals surface area contributed by atoms with Gasteiger partial charge in [-0.25, -0.2) is 0 Å². The van der Waals surface area contributed by atoms with Crippen LogP contribution < -0.4 is 5.32 Å². The third-order valence-electron chi connectivity index (χ3n) is 2.16. The van der Waals surface area contributed by atoms with E-state index in [9.17, 15) is 9.90 Å². The van der Waals surface area contributed by atoms with Crippen LogP contribution in [0.15, 0.2) is 24.3 Å². The molecule has 0 saturated heterocycles. The molecule has 0 aliphatic rings. The van der Waals surface area contributed by atoms with Gasteiger partial charge < -0.3 is 10.4 Å². The number of carbonyl (C=O) groups excluding carboxylic acids is 1. The number of aromatic amines is 1. The Morgan fingerprint density at radius 1 is 1.47 bits per heavy atom. The average Bonchev–Trinajstić information content (AvgIpc) is 2.68. The molecule has 1 heterocycles. The first-order valence-electron chi connectivity index (χ1n) is 4.88. The van der Waals surface area contributed by atoms with Crippen molar-refractivity contribution < 1.29 is 9.90 Å². The first-order chi connectivity index (χ1) is 8.06. The monoisotopic (exact) mass is 343 g/mol. The van der Waals surface area contributed by atoms with Crippen LogP contribution in [-0.2, 0) is 0 Å². The number of aromatic hydroxyl groups is 1. The van der Waals surface area contributed by atoms with Crippen LogP contribution in [0.4, 0.5) is 5.82 Å². The van der Waals surface area contributed by atoms with Gasteiger partial charge in [-0.1, -0.05) is 0 Å². The van der Waals surface area contributed by atoms with Crippen molar-refractivity contribution in [2.24, 2.45) is 0 Å². The zero-order valence-electron chi connectivity index (χ0n) is 8.99. The van der Waals surface area contributed by atoms with Gasteiger partial charge in [0.25, 0.3) is 5.91 Å². The predicted octanol–water partition coefficient (Wildman–Crippen LogP) is 2.28. The maximum Gasteiger partial charge on any atom is 0.256 e. The minimum Gasteiger partial charge on any atom is -0.507 e. The smallest absolute Gasteiger partial charge is 0.256 e. The van der Waals surface area contributed by atoms with Crippen LogP contribution in [-0.4, -0.2) is 21.2 Å². The number of rotatable bonds is 2. The lowest BCUT2D eigenvalue weighted by molar-refractivity contribution is 0.102. The number of nitrogens with zero attached hydrogens (tertiary/aromatic N) is 1. The largest absolute Gasteiger partial charge is 0.507 e.